The molecule has 0 bridgehead atoms. The molecule has 0 saturated carbocycles. The van der Waals surface area contributed by atoms with Gasteiger partial charge in [0.2, 0.25) is 0 Å². The molecule has 0 aliphatic carbocycles. The number of rotatable bonds is 6. The number of hydrogen-bond acceptors (Lipinski definition) is 3. The van der Waals surface area contributed by atoms with Gasteiger partial charge in [0.25, 0.3) is 0 Å². The zero-order valence-corrected chi connectivity index (χ0v) is 13.6. The topological polar surface area (TPSA) is 44.8 Å². The van der Waals surface area contributed by atoms with Gasteiger partial charge in [0.05, 0.1) is 6.04 Å². The van der Waals surface area contributed by atoms with Crippen molar-refractivity contribution < 1.29 is 9.53 Å². The van der Waals surface area contributed by atoms with E-state index in [0.717, 1.165) is 32.7 Å². The Balaban J connectivity index is 1.93. The second-order valence-corrected chi connectivity index (χ2v) is 5.66. The van der Waals surface area contributed by atoms with Crippen LogP contribution in [0.2, 0.25) is 0 Å². The lowest BCUT2D eigenvalue weighted by molar-refractivity contribution is 0.107. The SMILES string of the molecule is CCOCCCNC(=O)N1CCN(C)CC1c1ccccc1. The van der Waals surface area contributed by atoms with Gasteiger partial charge in [-0.2, -0.15) is 0 Å². The van der Waals surface area contributed by atoms with Crippen molar-refractivity contribution in [2.24, 2.45) is 0 Å². The monoisotopic (exact) mass is 305 g/mol. The molecule has 122 valence electrons. The van der Waals surface area contributed by atoms with Crippen molar-refractivity contribution in [3.8, 4) is 0 Å². The number of carbonyl (C=O) groups excluding carboxylic acids is 1. The van der Waals surface area contributed by atoms with Crippen molar-refractivity contribution in [2.45, 2.75) is 19.4 Å². The molecule has 1 atom stereocenters. The van der Waals surface area contributed by atoms with Gasteiger partial charge in [-0.3, -0.25) is 0 Å². The Morgan fingerprint density at radius 3 is 2.82 bits per heavy atom. The van der Waals surface area contributed by atoms with E-state index in [4.69, 9.17) is 4.74 Å². The third kappa shape index (κ3) is 4.71. The quantitative estimate of drug-likeness (QED) is 0.819. The van der Waals surface area contributed by atoms with E-state index < -0.39 is 0 Å². The second-order valence-electron chi connectivity index (χ2n) is 5.66. The van der Waals surface area contributed by atoms with Gasteiger partial charge >= 0.3 is 6.03 Å². The number of urea groups is 1. The summed E-state index contributed by atoms with van der Waals surface area (Å²) in [7, 11) is 2.10. The minimum Gasteiger partial charge on any atom is -0.382 e. The molecule has 1 N–H and O–H groups in total. The fourth-order valence-electron chi connectivity index (χ4n) is 2.74. The van der Waals surface area contributed by atoms with Gasteiger partial charge < -0.3 is 19.9 Å². The van der Waals surface area contributed by atoms with Crippen LogP contribution in [0.4, 0.5) is 4.79 Å². The van der Waals surface area contributed by atoms with Gasteiger partial charge in [-0.05, 0) is 26.0 Å². The Labute approximate surface area is 133 Å². The molecule has 0 radical (unpaired) electrons. The average Bonchev–Trinajstić information content (AvgIpc) is 2.55. The molecule has 1 aromatic rings. The van der Waals surface area contributed by atoms with E-state index in [2.05, 4.69) is 29.4 Å². The molecule has 1 unspecified atom stereocenters. The molecule has 22 heavy (non-hydrogen) atoms. The van der Waals surface area contributed by atoms with Crippen LogP contribution in [-0.4, -0.2) is 62.3 Å². The number of nitrogens with zero attached hydrogens (tertiary/aromatic N) is 2. The summed E-state index contributed by atoms with van der Waals surface area (Å²) in [6, 6.07) is 10.4. The first-order valence-electron chi connectivity index (χ1n) is 8.08. The molecule has 1 aliphatic rings. The van der Waals surface area contributed by atoms with E-state index >= 15 is 0 Å². The summed E-state index contributed by atoms with van der Waals surface area (Å²) in [5.74, 6) is 0. The number of carbonyl (C=O) groups is 1. The highest BCUT2D eigenvalue weighted by Gasteiger charge is 2.29. The van der Waals surface area contributed by atoms with E-state index in [1.165, 1.54) is 5.56 Å². The van der Waals surface area contributed by atoms with Crippen LogP contribution in [0.1, 0.15) is 24.9 Å². The van der Waals surface area contributed by atoms with Crippen molar-refractivity contribution >= 4 is 6.03 Å². The zero-order valence-electron chi connectivity index (χ0n) is 13.6. The van der Waals surface area contributed by atoms with Gasteiger partial charge in [-0.25, -0.2) is 4.79 Å². The van der Waals surface area contributed by atoms with Gasteiger partial charge in [0, 0.05) is 39.4 Å². The Hall–Kier alpha value is -1.59. The Morgan fingerprint density at radius 2 is 2.09 bits per heavy atom. The molecular formula is C17H27N3O2. The second kappa shape index (κ2) is 8.76. The lowest BCUT2D eigenvalue weighted by Crippen LogP contribution is -2.52. The first-order chi connectivity index (χ1) is 10.7. The van der Waals surface area contributed by atoms with Gasteiger partial charge in [0.15, 0.2) is 0 Å². The number of nitrogens with one attached hydrogen (secondary N) is 1. The predicted molar refractivity (Wildman–Crippen MR) is 87.9 cm³/mol. The number of likely N-dealkylation sites (N-methyl/N-ethyl adjacent to an activating group) is 1. The summed E-state index contributed by atoms with van der Waals surface area (Å²) in [5.41, 5.74) is 1.19. The van der Waals surface area contributed by atoms with Crippen LogP contribution in [0, 0.1) is 0 Å². The van der Waals surface area contributed by atoms with Gasteiger partial charge in [0.1, 0.15) is 0 Å². The fourth-order valence-corrected chi connectivity index (χ4v) is 2.74. The first kappa shape index (κ1) is 16.8. The van der Waals surface area contributed by atoms with Crippen LogP contribution < -0.4 is 5.32 Å². The summed E-state index contributed by atoms with van der Waals surface area (Å²) in [4.78, 5) is 16.7. The molecular weight excluding hydrogens is 278 g/mol. The Morgan fingerprint density at radius 1 is 1.32 bits per heavy atom. The molecule has 1 aromatic carbocycles. The fraction of sp³-hybridized carbons (Fsp3) is 0.588. The number of piperazine rings is 1. The Kier molecular flexibility index (Phi) is 6.68. The highest BCUT2D eigenvalue weighted by molar-refractivity contribution is 5.75. The summed E-state index contributed by atoms with van der Waals surface area (Å²) in [5, 5.41) is 3.01. The first-order valence-corrected chi connectivity index (χ1v) is 8.08. The average molecular weight is 305 g/mol. The van der Waals surface area contributed by atoms with Crippen molar-refractivity contribution in [1.29, 1.82) is 0 Å². The summed E-state index contributed by atoms with van der Waals surface area (Å²) in [6.45, 7) is 6.60. The lowest BCUT2D eigenvalue weighted by atomic mass is 10.0. The highest BCUT2D eigenvalue weighted by Crippen LogP contribution is 2.24. The van der Waals surface area contributed by atoms with Gasteiger partial charge in [-0.15, -0.1) is 0 Å². The minimum atomic E-state index is 0.0263. The number of hydrogen-bond donors (Lipinski definition) is 1. The zero-order chi connectivity index (χ0) is 15.8. The van der Waals surface area contributed by atoms with Crippen molar-refractivity contribution in [1.82, 2.24) is 15.1 Å². The smallest absolute Gasteiger partial charge is 0.318 e. The largest absolute Gasteiger partial charge is 0.382 e. The Bertz CT molecular complexity index is 452. The van der Waals surface area contributed by atoms with Crippen LogP contribution in [0.15, 0.2) is 30.3 Å². The molecule has 5 nitrogen and oxygen atoms in total. The van der Waals surface area contributed by atoms with Crippen LogP contribution >= 0.6 is 0 Å². The summed E-state index contributed by atoms with van der Waals surface area (Å²) < 4.78 is 5.29. The third-order valence-corrected chi connectivity index (χ3v) is 3.97. The molecule has 2 amide bonds. The van der Waals surface area contributed by atoms with Crippen LogP contribution in [-0.2, 0) is 4.74 Å². The number of ether oxygens (including phenoxy) is 1. The lowest BCUT2D eigenvalue weighted by Gasteiger charge is -2.40. The predicted octanol–water partition coefficient (Wildman–Crippen LogP) is 2.11. The molecule has 1 fully saturated rings. The van der Waals surface area contributed by atoms with Crippen LogP contribution in [0.25, 0.3) is 0 Å². The summed E-state index contributed by atoms with van der Waals surface area (Å²) >= 11 is 0. The van der Waals surface area contributed by atoms with E-state index in [0.29, 0.717) is 13.2 Å². The highest BCUT2D eigenvalue weighted by atomic mass is 16.5. The molecule has 5 heteroatoms. The van der Waals surface area contributed by atoms with E-state index in [-0.39, 0.29) is 12.1 Å². The number of benzene rings is 1. The number of amides is 2. The van der Waals surface area contributed by atoms with E-state index in [9.17, 15) is 4.79 Å². The molecule has 2 rings (SSSR count). The molecule has 0 spiro atoms. The van der Waals surface area contributed by atoms with Crippen LogP contribution in [0.5, 0.6) is 0 Å². The minimum absolute atomic E-state index is 0.0263. The standard InChI is InChI=1S/C17H27N3O2/c1-3-22-13-7-10-18-17(21)20-12-11-19(2)14-16(20)15-8-5-4-6-9-15/h4-6,8-9,16H,3,7,10-14H2,1-2H3,(H,18,21). The molecule has 1 aliphatic heterocycles. The van der Waals surface area contributed by atoms with Gasteiger partial charge in [-0.1, -0.05) is 30.3 Å². The molecule has 0 aromatic heterocycles. The van der Waals surface area contributed by atoms with E-state index in [1.54, 1.807) is 0 Å². The maximum Gasteiger partial charge on any atom is 0.318 e. The molecule has 1 saturated heterocycles. The van der Waals surface area contributed by atoms with Crippen molar-refractivity contribution in [3.05, 3.63) is 35.9 Å². The third-order valence-electron chi connectivity index (χ3n) is 3.97. The summed E-state index contributed by atoms with van der Waals surface area (Å²) in [6.07, 6.45) is 0.851. The van der Waals surface area contributed by atoms with E-state index in [1.807, 2.05) is 30.0 Å². The molecule has 1 heterocycles. The maximum absolute atomic E-state index is 12.5. The van der Waals surface area contributed by atoms with Crippen molar-refractivity contribution in [3.63, 3.8) is 0 Å². The maximum atomic E-state index is 12.5. The van der Waals surface area contributed by atoms with Crippen LogP contribution in [0.3, 0.4) is 0 Å². The normalized spacial score (nSPS) is 19.2. The van der Waals surface area contributed by atoms with Crippen molar-refractivity contribution in [2.75, 3.05) is 46.4 Å².